The molecule has 0 fully saturated rings. The summed E-state index contributed by atoms with van der Waals surface area (Å²) in [6.07, 6.45) is 0. The van der Waals surface area contributed by atoms with Crippen molar-refractivity contribution in [3.05, 3.63) is 28.4 Å². The van der Waals surface area contributed by atoms with Gasteiger partial charge in [-0.15, -0.1) is 0 Å². The van der Waals surface area contributed by atoms with Crippen LogP contribution in [0.4, 0.5) is 5.69 Å². The first-order valence-electron chi connectivity index (χ1n) is 5.75. The Hall–Kier alpha value is -1.51. The molecule has 0 spiro atoms. The van der Waals surface area contributed by atoms with Crippen LogP contribution in [0.5, 0.6) is 11.5 Å². The van der Waals surface area contributed by atoms with Gasteiger partial charge in [-0.05, 0) is 19.1 Å². The third kappa shape index (κ3) is 3.39. The van der Waals surface area contributed by atoms with Gasteiger partial charge in [0.25, 0.3) is 10.0 Å². The number of rotatable bonds is 5. The summed E-state index contributed by atoms with van der Waals surface area (Å²) in [4.78, 5) is 3.90. The first-order valence-corrected chi connectivity index (χ1v) is 8.43. The lowest BCUT2D eigenvalue weighted by molar-refractivity contribution is 0.355. The highest BCUT2D eigenvalue weighted by atomic mass is 35.5. The van der Waals surface area contributed by atoms with E-state index in [-0.39, 0.29) is 8.68 Å². The molecule has 0 amide bonds. The van der Waals surface area contributed by atoms with Crippen molar-refractivity contribution >= 4 is 38.6 Å². The molecule has 0 radical (unpaired) electrons. The maximum atomic E-state index is 12.3. The summed E-state index contributed by atoms with van der Waals surface area (Å²) < 4.78 is 37.6. The molecule has 1 aromatic carbocycles. The van der Waals surface area contributed by atoms with Crippen LogP contribution in [0.1, 0.15) is 5.69 Å². The Bertz CT molecular complexity index is 759. The van der Waals surface area contributed by atoms with E-state index in [1.807, 2.05) is 0 Å². The fourth-order valence-corrected chi connectivity index (χ4v) is 4.49. The van der Waals surface area contributed by atoms with Crippen LogP contribution in [-0.2, 0) is 10.0 Å². The Morgan fingerprint density at radius 2 is 1.90 bits per heavy atom. The maximum absolute atomic E-state index is 12.3. The second kappa shape index (κ2) is 6.08. The zero-order valence-electron chi connectivity index (χ0n) is 11.5. The molecule has 0 aliphatic heterocycles. The molecule has 2 rings (SSSR count). The van der Waals surface area contributed by atoms with Crippen LogP contribution in [0.15, 0.2) is 22.4 Å². The highest BCUT2D eigenvalue weighted by Crippen LogP contribution is 2.32. The van der Waals surface area contributed by atoms with Crippen LogP contribution >= 0.6 is 22.9 Å². The number of ether oxygens (including phenoxy) is 2. The monoisotopic (exact) mass is 348 g/mol. The van der Waals surface area contributed by atoms with Gasteiger partial charge in [0, 0.05) is 6.07 Å². The Kier molecular flexibility index (Phi) is 4.60. The lowest BCUT2D eigenvalue weighted by Crippen LogP contribution is -2.12. The third-order valence-corrected chi connectivity index (χ3v) is 5.86. The van der Waals surface area contributed by atoms with E-state index in [4.69, 9.17) is 21.1 Å². The molecule has 114 valence electrons. The second-order valence-corrected chi connectivity index (χ2v) is 7.47. The van der Waals surface area contributed by atoms with E-state index in [9.17, 15) is 8.42 Å². The van der Waals surface area contributed by atoms with E-state index >= 15 is 0 Å². The van der Waals surface area contributed by atoms with Crippen molar-refractivity contribution in [3.8, 4) is 11.5 Å². The van der Waals surface area contributed by atoms with E-state index < -0.39 is 10.0 Å². The molecule has 1 N–H and O–H groups in total. The van der Waals surface area contributed by atoms with Crippen molar-refractivity contribution in [1.29, 1.82) is 0 Å². The summed E-state index contributed by atoms with van der Waals surface area (Å²) in [7, 11) is -0.763. The Labute approximate surface area is 131 Å². The summed E-state index contributed by atoms with van der Waals surface area (Å²) in [6.45, 7) is 1.59. The molecule has 1 aromatic heterocycles. The van der Waals surface area contributed by atoms with Crippen molar-refractivity contribution in [3.63, 3.8) is 0 Å². The molecule has 0 aliphatic carbocycles. The van der Waals surface area contributed by atoms with Crippen LogP contribution < -0.4 is 14.2 Å². The van der Waals surface area contributed by atoms with Gasteiger partial charge >= 0.3 is 0 Å². The summed E-state index contributed by atoms with van der Waals surface area (Å²) in [5.41, 5.74) is 0.717. The number of aromatic nitrogens is 1. The number of nitrogens with one attached hydrogen (secondary N) is 1. The summed E-state index contributed by atoms with van der Waals surface area (Å²) in [5.74, 6) is 0.939. The SMILES string of the molecule is COc1ccc(NS(=O)(=O)c2sc(Cl)nc2C)cc1OC. The highest BCUT2D eigenvalue weighted by Gasteiger charge is 2.22. The molecule has 0 atom stereocenters. The van der Waals surface area contributed by atoms with Crippen molar-refractivity contribution < 1.29 is 17.9 Å². The average molecular weight is 349 g/mol. The number of methoxy groups -OCH3 is 2. The molecular formula is C12H13ClN2O4S2. The fraction of sp³-hybridized carbons (Fsp3) is 0.250. The summed E-state index contributed by atoms with van der Waals surface area (Å²) >= 11 is 6.65. The number of sulfonamides is 1. The first kappa shape index (κ1) is 15.9. The average Bonchev–Trinajstić information content (AvgIpc) is 2.78. The molecule has 0 saturated carbocycles. The molecule has 6 nitrogen and oxygen atoms in total. The molecule has 1 heterocycles. The van der Waals surface area contributed by atoms with Crippen molar-refractivity contribution in [2.75, 3.05) is 18.9 Å². The van der Waals surface area contributed by atoms with Gasteiger partial charge in [0.05, 0.1) is 25.6 Å². The molecular weight excluding hydrogens is 336 g/mol. The topological polar surface area (TPSA) is 77.5 Å². The quantitative estimate of drug-likeness (QED) is 0.898. The van der Waals surface area contributed by atoms with Crippen molar-refractivity contribution in [2.45, 2.75) is 11.1 Å². The molecule has 0 aliphatic rings. The minimum Gasteiger partial charge on any atom is -0.493 e. The van der Waals surface area contributed by atoms with E-state index in [0.29, 0.717) is 22.9 Å². The number of thiazole rings is 1. The van der Waals surface area contributed by atoms with Crippen LogP contribution in [0.25, 0.3) is 0 Å². The van der Waals surface area contributed by atoms with Crippen LogP contribution in [0.2, 0.25) is 4.47 Å². The molecule has 0 saturated heterocycles. The van der Waals surface area contributed by atoms with Crippen LogP contribution in [0.3, 0.4) is 0 Å². The normalized spacial score (nSPS) is 11.2. The van der Waals surface area contributed by atoms with Gasteiger partial charge in [0.15, 0.2) is 20.2 Å². The van der Waals surface area contributed by atoms with Gasteiger partial charge in [0.1, 0.15) is 0 Å². The predicted molar refractivity (Wildman–Crippen MR) is 82.2 cm³/mol. The van der Waals surface area contributed by atoms with Crippen molar-refractivity contribution in [2.24, 2.45) is 0 Å². The minimum absolute atomic E-state index is 0.0854. The van der Waals surface area contributed by atoms with E-state index in [1.54, 1.807) is 19.1 Å². The number of benzene rings is 1. The van der Waals surface area contributed by atoms with E-state index in [0.717, 1.165) is 11.3 Å². The zero-order chi connectivity index (χ0) is 15.6. The number of hydrogen-bond donors (Lipinski definition) is 1. The van der Waals surface area contributed by atoms with E-state index in [2.05, 4.69) is 9.71 Å². The number of hydrogen-bond acceptors (Lipinski definition) is 6. The largest absolute Gasteiger partial charge is 0.493 e. The molecule has 21 heavy (non-hydrogen) atoms. The maximum Gasteiger partial charge on any atom is 0.273 e. The van der Waals surface area contributed by atoms with Gasteiger partial charge < -0.3 is 9.47 Å². The number of halogens is 1. The Balaban J connectivity index is 2.35. The highest BCUT2D eigenvalue weighted by molar-refractivity contribution is 7.94. The zero-order valence-corrected chi connectivity index (χ0v) is 13.9. The van der Waals surface area contributed by atoms with Gasteiger partial charge in [-0.2, -0.15) is 0 Å². The van der Waals surface area contributed by atoms with E-state index in [1.165, 1.54) is 20.3 Å². The summed E-state index contributed by atoms with van der Waals surface area (Å²) in [6, 6.07) is 4.73. The first-order chi connectivity index (χ1) is 9.87. The minimum atomic E-state index is -3.74. The third-order valence-electron chi connectivity index (χ3n) is 2.61. The van der Waals surface area contributed by atoms with Crippen LogP contribution in [0, 0.1) is 6.92 Å². The second-order valence-electron chi connectivity index (χ2n) is 4.01. The molecule has 0 unspecified atom stereocenters. The number of nitrogens with zero attached hydrogens (tertiary/aromatic N) is 1. The lowest BCUT2D eigenvalue weighted by Gasteiger charge is -2.11. The number of anilines is 1. The fourth-order valence-electron chi connectivity index (χ4n) is 1.70. The summed E-state index contributed by atoms with van der Waals surface area (Å²) in [5, 5.41) is 0. The standard InChI is InChI=1S/C12H13ClN2O4S2/c1-7-11(20-12(13)14-7)21(16,17)15-8-4-5-9(18-2)10(6-8)19-3/h4-6,15H,1-3H3. The Morgan fingerprint density at radius 3 is 2.43 bits per heavy atom. The van der Waals surface area contributed by atoms with Gasteiger partial charge in [-0.25, -0.2) is 13.4 Å². The van der Waals surface area contributed by atoms with Gasteiger partial charge in [-0.1, -0.05) is 22.9 Å². The van der Waals surface area contributed by atoms with Gasteiger partial charge in [0.2, 0.25) is 0 Å². The van der Waals surface area contributed by atoms with Gasteiger partial charge in [-0.3, -0.25) is 4.72 Å². The molecule has 0 bridgehead atoms. The number of aryl methyl sites for hydroxylation is 1. The molecule has 2 aromatic rings. The smallest absolute Gasteiger partial charge is 0.273 e. The van der Waals surface area contributed by atoms with Crippen LogP contribution in [-0.4, -0.2) is 27.6 Å². The lowest BCUT2D eigenvalue weighted by atomic mass is 10.3. The molecule has 9 heteroatoms. The Morgan fingerprint density at radius 1 is 1.24 bits per heavy atom. The predicted octanol–water partition coefficient (Wildman–Crippen LogP) is 2.92. The van der Waals surface area contributed by atoms with Crippen molar-refractivity contribution in [1.82, 2.24) is 4.98 Å².